The molecule has 72 valence electrons. The number of anilines is 1. The van der Waals surface area contributed by atoms with Crippen LogP contribution in [0, 0.1) is 3.57 Å². The van der Waals surface area contributed by atoms with Crippen LogP contribution in [0.1, 0.15) is 6.42 Å². The molecule has 13 heavy (non-hydrogen) atoms. The van der Waals surface area contributed by atoms with Crippen molar-refractivity contribution in [3.8, 4) is 0 Å². The van der Waals surface area contributed by atoms with Crippen molar-refractivity contribution in [1.29, 1.82) is 0 Å². The van der Waals surface area contributed by atoms with Gasteiger partial charge in [0.15, 0.2) is 0 Å². The van der Waals surface area contributed by atoms with Gasteiger partial charge >= 0.3 is 0 Å². The predicted octanol–water partition coefficient (Wildman–Crippen LogP) is 0.866. The van der Waals surface area contributed by atoms with E-state index in [0.29, 0.717) is 6.54 Å². The lowest BCUT2D eigenvalue weighted by Gasteiger charge is -2.15. The van der Waals surface area contributed by atoms with E-state index in [9.17, 15) is 0 Å². The summed E-state index contributed by atoms with van der Waals surface area (Å²) in [7, 11) is 1.97. The third-order valence-electron chi connectivity index (χ3n) is 1.65. The number of aromatic nitrogens is 2. The summed E-state index contributed by atoms with van der Waals surface area (Å²) in [6.45, 7) is 1.60. The topological polar surface area (TPSA) is 55.0 Å². The molecule has 0 amide bonds. The van der Waals surface area contributed by atoms with Crippen molar-refractivity contribution in [2.75, 3.05) is 25.0 Å². The molecule has 0 radical (unpaired) electrons. The smallest absolute Gasteiger partial charge is 0.225 e. The third kappa shape index (κ3) is 3.43. The molecule has 1 aromatic heterocycles. The maximum atomic E-state index is 5.41. The summed E-state index contributed by atoms with van der Waals surface area (Å²) in [6.07, 6.45) is 4.58. The summed E-state index contributed by atoms with van der Waals surface area (Å²) in [5, 5.41) is 0. The minimum Gasteiger partial charge on any atom is -0.344 e. The van der Waals surface area contributed by atoms with Gasteiger partial charge in [0.05, 0.1) is 0 Å². The minimum absolute atomic E-state index is 0.703. The number of rotatable bonds is 4. The highest BCUT2D eigenvalue weighted by Gasteiger charge is 2.01. The minimum atomic E-state index is 0.703. The van der Waals surface area contributed by atoms with Crippen molar-refractivity contribution in [3.05, 3.63) is 16.0 Å². The molecule has 1 aromatic rings. The van der Waals surface area contributed by atoms with Gasteiger partial charge in [-0.05, 0) is 35.6 Å². The summed E-state index contributed by atoms with van der Waals surface area (Å²) in [5.41, 5.74) is 5.41. The van der Waals surface area contributed by atoms with E-state index in [0.717, 1.165) is 22.5 Å². The zero-order valence-electron chi connectivity index (χ0n) is 7.57. The highest BCUT2D eigenvalue weighted by atomic mass is 127. The molecule has 0 saturated heterocycles. The SMILES string of the molecule is CN(CCCN)c1ncc(I)cn1. The van der Waals surface area contributed by atoms with Crippen LogP contribution < -0.4 is 10.6 Å². The zero-order chi connectivity index (χ0) is 9.68. The average molecular weight is 292 g/mol. The van der Waals surface area contributed by atoms with Gasteiger partial charge in [-0.25, -0.2) is 9.97 Å². The Balaban J connectivity index is 2.55. The van der Waals surface area contributed by atoms with Gasteiger partial charge in [0.25, 0.3) is 0 Å². The van der Waals surface area contributed by atoms with Gasteiger partial charge in [0, 0.05) is 29.6 Å². The van der Waals surface area contributed by atoms with Gasteiger partial charge in [0.1, 0.15) is 0 Å². The molecule has 0 bridgehead atoms. The van der Waals surface area contributed by atoms with Crippen LogP contribution in [-0.4, -0.2) is 30.1 Å². The lowest BCUT2D eigenvalue weighted by atomic mass is 10.4. The van der Waals surface area contributed by atoms with E-state index in [1.54, 1.807) is 0 Å². The average Bonchev–Trinajstić information content (AvgIpc) is 2.15. The fraction of sp³-hybridized carbons (Fsp3) is 0.500. The summed E-state index contributed by atoms with van der Waals surface area (Å²) >= 11 is 2.19. The van der Waals surface area contributed by atoms with Crippen molar-refractivity contribution in [3.63, 3.8) is 0 Å². The van der Waals surface area contributed by atoms with Crippen LogP contribution in [0.5, 0.6) is 0 Å². The molecule has 0 aliphatic heterocycles. The van der Waals surface area contributed by atoms with Gasteiger partial charge in [0.2, 0.25) is 5.95 Å². The Labute approximate surface area is 91.7 Å². The third-order valence-corrected chi connectivity index (χ3v) is 2.20. The van der Waals surface area contributed by atoms with Crippen molar-refractivity contribution < 1.29 is 0 Å². The molecular formula is C8H13IN4. The van der Waals surface area contributed by atoms with E-state index < -0.39 is 0 Å². The molecule has 0 fully saturated rings. The molecule has 0 aromatic carbocycles. The Kier molecular flexibility index (Phi) is 4.37. The fourth-order valence-corrected chi connectivity index (χ4v) is 1.21. The molecule has 0 atom stereocenters. The molecule has 0 aliphatic carbocycles. The summed E-state index contributed by atoms with van der Waals surface area (Å²) in [4.78, 5) is 10.4. The molecule has 0 unspecified atom stereocenters. The summed E-state index contributed by atoms with van der Waals surface area (Å²) < 4.78 is 1.05. The fourth-order valence-electron chi connectivity index (χ4n) is 0.931. The molecular weight excluding hydrogens is 279 g/mol. The maximum Gasteiger partial charge on any atom is 0.225 e. The van der Waals surface area contributed by atoms with E-state index >= 15 is 0 Å². The largest absolute Gasteiger partial charge is 0.344 e. The number of nitrogens with zero attached hydrogens (tertiary/aromatic N) is 3. The first-order chi connectivity index (χ1) is 6.24. The number of hydrogen-bond donors (Lipinski definition) is 1. The molecule has 2 N–H and O–H groups in total. The van der Waals surface area contributed by atoms with Crippen LogP contribution in [0.25, 0.3) is 0 Å². The van der Waals surface area contributed by atoms with Crippen LogP contribution >= 0.6 is 22.6 Å². The van der Waals surface area contributed by atoms with Gasteiger partial charge in [-0.3, -0.25) is 0 Å². The Bertz CT molecular complexity index is 249. The normalized spacial score (nSPS) is 10.1. The van der Waals surface area contributed by atoms with Crippen molar-refractivity contribution in [2.45, 2.75) is 6.42 Å². The van der Waals surface area contributed by atoms with Gasteiger partial charge in [-0.15, -0.1) is 0 Å². The molecule has 0 aliphatic rings. The highest BCUT2D eigenvalue weighted by molar-refractivity contribution is 14.1. The quantitative estimate of drug-likeness (QED) is 0.837. The standard InChI is InChI=1S/C8H13IN4/c1-13(4-2-3-10)8-11-5-7(9)6-12-8/h5-6H,2-4,10H2,1H3. The van der Waals surface area contributed by atoms with Crippen molar-refractivity contribution in [1.82, 2.24) is 9.97 Å². The Morgan fingerprint density at radius 3 is 2.62 bits per heavy atom. The van der Waals surface area contributed by atoms with E-state index in [1.165, 1.54) is 0 Å². The number of halogens is 1. The van der Waals surface area contributed by atoms with Crippen molar-refractivity contribution >= 4 is 28.5 Å². The summed E-state index contributed by atoms with van der Waals surface area (Å²) in [6, 6.07) is 0. The van der Waals surface area contributed by atoms with Gasteiger partial charge < -0.3 is 10.6 Å². The van der Waals surface area contributed by atoms with E-state index in [2.05, 4.69) is 32.6 Å². The lowest BCUT2D eigenvalue weighted by Crippen LogP contribution is -2.22. The molecule has 1 heterocycles. The molecule has 5 heteroatoms. The Morgan fingerprint density at radius 1 is 1.46 bits per heavy atom. The first-order valence-corrected chi connectivity index (χ1v) is 5.20. The molecule has 0 spiro atoms. The number of nitrogens with two attached hydrogens (primary N) is 1. The zero-order valence-corrected chi connectivity index (χ0v) is 9.73. The summed E-state index contributed by atoms with van der Waals surface area (Å²) in [5.74, 6) is 0.758. The number of hydrogen-bond acceptors (Lipinski definition) is 4. The van der Waals surface area contributed by atoms with E-state index in [4.69, 9.17) is 5.73 Å². The van der Waals surface area contributed by atoms with Gasteiger partial charge in [-0.1, -0.05) is 0 Å². The van der Waals surface area contributed by atoms with Crippen LogP contribution in [0.15, 0.2) is 12.4 Å². The first-order valence-electron chi connectivity index (χ1n) is 4.13. The van der Waals surface area contributed by atoms with Gasteiger partial charge in [-0.2, -0.15) is 0 Å². The second-order valence-corrected chi connectivity index (χ2v) is 4.01. The van der Waals surface area contributed by atoms with Crippen LogP contribution in [-0.2, 0) is 0 Å². The predicted molar refractivity (Wildman–Crippen MR) is 61.7 cm³/mol. The maximum absolute atomic E-state index is 5.41. The second-order valence-electron chi connectivity index (χ2n) is 2.77. The first kappa shape index (κ1) is 10.6. The highest BCUT2D eigenvalue weighted by Crippen LogP contribution is 2.06. The molecule has 0 saturated carbocycles. The van der Waals surface area contributed by atoms with E-state index in [-0.39, 0.29) is 0 Å². The van der Waals surface area contributed by atoms with Crippen LogP contribution in [0.2, 0.25) is 0 Å². The monoisotopic (exact) mass is 292 g/mol. The van der Waals surface area contributed by atoms with Crippen LogP contribution in [0.4, 0.5) is 5.95 Å². The van der Waals surface area contributed by atoms with E-state index in [1.807, 2.05) is 24.3 Å². The lowest BCUT2D eigenvalue weighted by molar-refractivity contribution is 0.774. The van der Waals surface area contributed by atoms with Crippen molar-refractivity contribution in [2.24, 2.45) is 5.73 Å². The molecule has 4 nitrogen and oxygen atoms in total. The molecule has 1 rings (SSSR count). The second kappa shape index (κ2) is 5.33. The Hall–Kier alpha value is -0.430. The van der Waals surface area contributed by atoms with Crippen LogP contribution in [0.3, 0.4) is 0 Å². The Morgan fingerprint density at radius 2 is 2.08 bits per heavy atom.